The van der Waals surface area contributed by atoms with E-state index in [9.17, 15) is 14.0 Å². The maximum Gasteiger partial charge on any atom is 0.316 e. The fourth-order valence-electron chi connectivity index (χ4n) is 3.75. The van der Waals surface area contributed by atoms with Crippen molar-refractivity contribution in [2.45, 2.75) is 25.4 Å². The summed E-state index contributed by atoms with van der Waals surface area (Å²) in [5.41, 5.74) is 0.603. The van der Waals surface area contributed by atoms with Crippen LogP contribution >= 0.6 is 11.6 Å². The average molecular weight is 419 g/mol. The van der Waals surface area contributed by atoms with Crippen LogP contribution in [0.1, 0.15) is 19.3 Å². The summed E-state index contributed by atoms with van der Waals surface area (Å²) in [6.07, 6.45) is 4.46. The minimum Gasteiger partial charge on any atom is -0.458 e. The van der Waals surface area contributed by atoms with Crippen molar-refractivity contribution in [1.29, 1.82) is 0 Å². The number of anilines is 1. The Hall–Kier alpha value is -2.74. The minimum atomic E-state index is -0.418. The van der Waals surface area contributed by atoms with Gasteiger partial charge in [0.2, 0.25) is 11.8 Å². The Labute approximate surface area is 172 Å². The summed E-state index contributed by atoms with van der Waals surface area (Å²) in [4.78, 5) is 36.8. The standard InChI is InChI=1S/C20H20ClFN4O3/c21-14-9-23-20(24-10-14)29-17-2-1-7-25(12-17)19(28)13-8-18(27)26(11-13)16-5-3-15(22)4-6-16/h3-6,9-10,13,17H,1-2,7-8,11-12H2. The van der Waals surface area contributed by atoms with E-state index in [2.05, 4.69) is 9.97 Å². The lowest BCUT2D eigenvalue weighted by Crippen LogP contribution is -2.47. The number of amides is 2. The van der Waals surface area contributed by atoms with Gasteiger partial charge in [-0.05, 0) is 37.1 Å². The van der Waals surface area contributed by atoms with Crippen LogP contribution in [-0.4, -0.2) is 52.4 Å². The second-order valence-corrected chi connectivity index (χ2v) is 7.67. The zero-order valence-electron chi connectivity index (χ0n) is 15.6. The van der Waals surface area contributed by atoms with Gasteiger partial charge >= 0.3 is 6.01 Å². The third kappa shape index (κ3) is 4.48. The normalized spacial score (nSPS) is 22.1. The van der Waals surface area contributed by atoms with Crippen molar-refractivity contribution in [2.75, 3.05) is 24.5 Å². The van der Waals surface area contributed by atoms with E-state index in [1.165, 1.54) is 24.5 Å². The van der Waals surface area contributed by atoms with Gasteiger partial charge in [-0.15, -0.1) is 0 Å². The highest BCUT2D eigenvalue weighted by atomic mass is 35.5. The van der Waals surface area contributed by atoms with Crippen LogP contribution < -0.4 is 9.64 Å². The number of hydrogen-bond donors (Lipinski definition) is 0. The molecule has 2 aliphatic heterocycles. The first-order chi connectivity index (χ1) is 14.0. The van der Waals surface area contributed by atoms with Gasteiger partial charge in [0.25, 0.3) is 0 Å². The van der Waals surface area contributed by atoms with Gasteiger partial charge in [-0.3, -0.25) is 9.59 Å². The van der Waals surface area contributed by atoms with Gasteiger partial charge < -0.3 is 14.5 Å². The molecule has 9 heteroatoms. The van der Waals surface area contributed by atoms with Crippen molar-refractivity contribution in [2.24, 2.45) is 5.92 Å². The second kappa shape index (κ2) is 8.32. The van der Waals surface area contributed by atoms with Crippen LogP contribution in [0, 0.1) is 11.7 Å². The van der Waals surface area contributed by atoms with Gasteiger partial charge in [0, 0.05) is 25.2 Å². The van der Waals surface area contributed by atoms with E-state index in [0.717, 1.165) is 12.8 Å². The summed E-state index contributed by atoms with van der Waals surface area (Å²) < 4.78 is 18.9. The molecule has 2 fully saturated rings. The zero-order valence-corrected chi connectivity index (χ0v) is 16.4. The minimum absolute atomic E-state index is 0.0618. The third-order valence-corrected chi connectivity index (χ3v) is 5.37. The lowest BCUT2D eigenvalue weighted by molar-refractivity contribution is -0.138. The maximum absolute atomic E-state index is 13.1. The van der Waals surface area contributed by atoms with Crippen LogP contribution in [0.4, 0.5) is 10.1 Å². The summed E-state index contributed by atoms with van der Waals surface area (Å²) in [6.45, 7) is 1.35. The van der Waals surface area contributed by atoms with E-state index >= 15 is 0 Å². The molecule has 29 heavy (non-hydrogen) atoms. The van der Waals surface area contributed by atoms with Crippen molar-refractivity contribution in [1.82, 2.24) is 14.9 Å². The highest BCUT2D eigenvalue weighted by Gasteiger charge is 2.38. The van der Waals surface area contributed by atoms with Crippen LogP contribution in [0.5, 0.6) is 6.01 Å². The number of carbonyl (C=O) groups is 2. The number of ether oxygens (including phenoxy) is 1. The van der Waals surface area contributed by atoms with Crippen LogP contribution in [0.2, 0.25) is 5.02 Å². The molecule has 2 unspecified atom stereocenters. The van der Waals surface area contributed by atoms with Crippen molar-refractivity contribution in [3.8, 4) is 6.01 Å². The molecule has 0 aliphatic carbocycles. The molecule has 2 aliphatic rings. The van der Waals surface area contributed by atoms with Crippen molar-refractivity contribution >= 4 is 29.1 Å². The summed E-state index contributed by atoms with van der Waals surface area (Å²) in [6, 6.07) is 5.95. The molecule has 0 N–H and O–H groups in total. The first-order valence-electron chi connectivity index (χ1n) is 9.48. The van der Waals surface area contributed by atoms with Crippen molar-refractivity contribution in [3.63, 3.8) is 0 Å². The molecule has 0 saturated carbocycles. The Morgan fingerprint density at radius 2 is 1.90 bits per heavy atom. The second-order valence-electron chi connectivity index (χ2n) is 7.23. The van der Waals surface area contributed by atoms with E-state index in [4.69, 9.17) is 16.3 Å². The van der Waals surface area contributed by atoms with Crippen LogP contribution in [0.25, 0.3) is 0 Å². The van der Waals surface area contributed by atoms with Gasteiger partial charge in [0.05, 0.1) is 29.9 Å². The van der Waals surface area contributed by atoms with Crippen LogP contribution in [0.15, 0.2) is 36.7 Å². The molecule has 0 spiro atoms. The smallest absolute Gasteiger partial charge is 0.316 e. The number of benzene rings is 1. The number of rotatable bonds is 4. The van der Waals surface area contributed by atoms with Crippen LogP contribution in [0.3, 0.4) is 0 Å². The molecular formula is C20H20ClFN4O3. The lowest BCUT2D eigenvalue weighted by Gasteiger charge is -2.33. The monoisotopic (exact) mass is 418 g/mol. The number of likely N-dealkylation sites (tertiary alicyclic amines) is 1. The Morgan fingerprint density at radius 1 is 1.17 bits per heavy atom. The van der Waals surface area contributed by atoms with Crippen LogP contribution in [-0.2, 0) is 9.59 Å². The molecule has 4 rings (SSSR count). The number of piperidine rings is 1. The Morgan fingerprint density at radius 3 is 2.62 bits per heavy atom. The quantitative estimate of drug-likeness (QED) is 0.763. The molecule has 2 saturated heterocycles. The van der Waals surface area contributed by atoms with Gasteiger partial charge in [0.15, 0.2) is 0 Å². The highest BCUT2D eigenvalue weighted by Crippen LogP contribution is 2.28. The number of carbonyl (C=O) groups excluding carboxylic acids is 2. The molecule has 3 heterocycles. The maximum atomic E-state index is 13.1. The first kappa shape index (κ1) is 19.6. The van der Waals surface area contributed by atoms with E-state index in [-0.39, 0.29) is 36.2 Å². The van der Waals surface area contributed by atoms with Crippen molar-refractivity contribution < 1.29 is 18.7 Å². The fourth-order valence-corrected chi connectivity index (χ4v) is 3.84. The molecule has 2 atom stereocenters. The topological polar surface area (TPSA) is 75.6 Å². The van der Waals surface area contributed by atoms with Gasteiger partial charge in [-0.2, -0.15) is 0 Å². The Bertz CT molecular complexity index is 894. The predicted molar refractivity (Wildman–Crippen MR) is 104 cm³/mol. The molecular weight excluding hydrogens is 399 g/mol. The lowest BCUT2D eigenvalue weighted by atomic mass is 10.0. The molecule has 1 aromatic heterocycles. The number of nitrogens with zero attached hydrogens (tertiary/aromatic N) is 4. The SMILES string of the molecule is O=C(C1CC(=O)N(c2ccc(F)cc2)C1)N1CCCC(Oc2ncc(Cl)cn2)C1. The number of aromatic nitrogens is 2. The molecule has 7 nitrogen and oxygen atoms in total. The van der Waals surface area contributed by atoms with E-state index in [1.54, 1.807) is 21.9 Å². The van der Waals surface area contributed by atoms with E-state index in [0.29, 0.717) is 30.3 Å². The Balaban J connectivity index is 1.38. The largest absolute Gasteiger partial charge is 0.458 e. The van der Waals surface area contributed by atoms with Crippen molar-refractivity contribution in [3.05, 3.63) is 47.5 Å². The predicted octanol–water partition coefficient (Wildman–Crippen LogP) is 2.69. The van der Waals surface area contributed by atoms with Gasteiger partial charge in [-0.1, -0.05) is 11.6 Å². The summed E-state index contributed by atoms with van der Waals surface area (Å²) in [5.74, 6) is -0.974. The molecule has 1 aromatic carbocycles. The van der Waals surface area contributed by atoms with Gasteiger partial charge in [-0.25, -0.2) is 14.4 Å². The zero-order chi connectivity index (χ0) is 20.4. The summed E-state index contributed by atoms with van der Waals surface area (Å²) in [5, 5.41) is 0.425. The average Bonchev–Trinajstić information content (AvgIpc) is 3.11. The molecule has 0 bridgehead atoms. The molecule has 2 amide bonds. The summed E-state index contributed by atoms with van der Waals surface area (Å²) in [7, 11) is 0. The third-order valence-electron chi connectivity index (χ3n) is 5.17. The Kier molecular flexibility index (Phi) is 5.62. The van der Waals surface area contributed by atoms with E-state index in [1.807, 2.05) is 0 Å². The first-order valence-corrected chi connectivity index (χ1v) is 9.86. The molecule has 2 aromatic rings. The highest BCUT2D eigenvalue weighted by molar-refractivity contribution is 6.30. The van der Waals surface area contributed by atoms with Gasteiger partial charge in [0.1, 0.15) is 11.9 Å². The number of hydrogen-bond acceptors (Lipinski definition) is 5. The fraction of sp³-hybridized carbons (Fsp3) is 0.400. The van der Waals surface area contributed by atoms with E-state index < -0.39 is 5.92 Å². The molecule has 152 valence electrons. The number of halogens is 2. The summed E-state index contributed by atoms with van der Waals surface area (Å²) >= 11 is 5.78. The molecule has 0 radical (unpaired) electrons.